The van der Waals surface area contributed by atoms with Crippen LogP contribution in [0, 0.1) is 27.7 Å². The Kier molecular flexibility index (Phi) is 4.65. The van der Waals surface area contributed by atoms with E-state index in [1.54, 1.807) is 0 Å². The number of hydrogen-bond acceptors (Lipinski definition) is 2. The summed E-state index contributed by atoms with van der Waals surface area (Å²) in [7, 11) is 0. The highest BCUT2D eigenvalue weighted by atomic mass is 14.7. The Morgan fingerprint density at radius 3 is 1.25 bits per heavy atom. The van der Waals surface area contributed by atoms with Crippen molar-refractivity contribution < 1.29 is 0 Å². The van der Waals surface area contributed by atoms with Gasteiger partial charge in [-0.3, -0.25) is 9.97 Å². The first kappa shape index (κ1) is 12.4. The summed E-state index contributed by atoms with van der Waals surface area (Å²) in [6, 6.07) is 8.01. The summed E-state index contributed by atoms with van der Waals surface area (Å²) in [5.74, 6) is 0. The molecule has 2 aromatic rings. The third kappa shape index (κ3) is 3.81. The molecule has 0 atom stereocenters. The van der Waals surface area contributed by atoms with E-state index in [0.29, 0.717) is 0 Å². The summed E-state index contributed by atoms with van der Waals surface area (Å²) in [4.78, 5) is 8.16. The van der Waals surface area contributed by atoms with Crippen molar-refractivity contribution >= 4 is 0 Å². The topological polar surface area (TPSA) is 25.8 Å². The van der Waals surface area contributed by atoms with Crippen LogP contribution in [0.2, 0.25) is 0 Å². The Morgan fingerprint density at radius 1 is 0.688 bits per heavy atom. The second kappa shape index (κ2) is 6.01. The molecule has 0 unspecified atom stereocenters. The van der Waals surface area contributed by atoms with Crippen molar-refractivity contribution in [3.05, 3.63) is 59.2 Å². The first-order valence-electron chi connectivity index (χ1n) is 5.37. The van der Waals surface area contributed by atoms with E-state index < -0.39 is 0 Å². The number of rotatable bonds is 0. The Bertz CT molecular complexity index is 364. The fourth-order valence-corrected chi connectivity index (χ4v) is 1.13. The van der Waals surface area contributed by atoms with Gasteiger partial charge in [-0.05, 0) is 51.0 Å². The molecule has 0 saturated carbocycles. The van der Waals surface area contributed by atoms with E-state index in [1.165, 1.54) is 11.1 Å². The van der Waals surface area contributed by atoms with Crippen LogP contribution in [0.15, 0.2) is 36.7 Å². The molecule has 2 nitrogen and oxygen atoms in total. The van der Waals surface area contributed by atoms with Gasteiger partial charge in [0, 0.05) is 23.8 Å². The third-order valence-corrected chi connectivity index (χ3v) is 2.54. The van der Waals surface area contributed by atoms with Crippen molar-refractivity contribution in [3.8, 4) is 0 Å². The van der Waals surface area contributed by atoms with Crippen LogP contribution in [0.25, 0.3) is 0 Å². The molecule has 0 spiro atoms. The van der Waals surface area contributed by atoms with Crippen LogP contribution in [-0.4, -0.2) is 9.97 Å². The predicted octanol–water partition coefficient (Wildman–Crippen LogP) is 3.40. The molecule has 2 heterocycles. The number of aryl methyl sites for hydroxylation is 4. The normalized spacial score (nSPS) is 9.25. The third-order valence-electron chi connectivity index (χ3n) is 2.54. The van der Waals surface area contributed by atoms with Crippen molar-refractivity contribution in [3.63, 3.8) is 0 Å². The Morgan fingerprint density at radius 2 is 1.06 bits per heavy atom. The van der Waals surface area contributed by atoms with Crippen LogP contribution in [0.5, 0.6) is 0 Å². The van der Waals surface area contributed by atoms with Crippen LogP contribution >= 0.6 is 0 Å². The smallest absolute Gasteiger partial charge is 0.0401 e. The maximum Gasteiger partial charge on any atom is 0.0401 e. The van der Waals surface area contributed by atoms with Gasteiger partial charge in [0.15, 0.2) is 0 Å². The van der Waals surface area contributed by atoms with Gasteiger partial charge in [-0.1, -0.05) is 12.1 Å². The first-order valence-corrected chi connectivity index (χ1v) is 5.37. The van der Waals surface area contributed by atoms with Gasteiger partial charge in [0.05, 0.1) is 0 Å². The quantitative estimate of drug-likeness (QED) is 0.671. The minimum absolute atomic E-state index is 1.12. The summed E-state index contributed by atoms with van der Waals surface area (Å²) in [6.45, 7) is 8.13. The summed E-state index contributed by atoms with van der Waals surface area (Å²) in [5, 5.41) is 0. The van der Waals surface area contributed by atoms with Crippen LogP contribution < -0.4 is 0 Å². The Balaban J connectivity index is 0.000000160. The second-order valence-corrected chi connectivity index (χ2v) is 3.81. The molecule has 2 rings (SSSR count). The fraction of sp³-hybridized carbons (Fsp3) is 0.286. The van der Waals surface area contributed by atoms with Crippen LogP contribution in [0.1, 0.15) is 22.5 Å². The Hall–Kier alpha value is -1.70. The molecule has 0 N–H and O–H groups in total. The summed E-state index contributed by atoms with van der Waals surface area (Å²) in [5.41, 5.74) is 4.75. The number of nitrogens with zero attached hydrogens (tertiary/aromatic N) is 2. The SMILES string of the molecule is Cc1cccnc1C.Cc1cccnc1C. The van der Waals surface area contributed by atoms with Gasteiger partial charge in [-0.15, -0.1) is 0 Å². The van der Waals surface area contributed by atoms with Gasteiger partial charge in [0.2, 0.25) is 0 Å². The molecule has 0 bridgehead atoms. The minimum atomic E-state index is 1.12. The molecule has 0 radical (unpaired) electrons. The maximum absolute atomic E-state index is 4.08. The average molecular weight is 214 g/mol. The lowest BCUT2D eigenvalue weighted by molar-refractivity contribution is 1.15. The van der Waals surface area contributed by atoms with E-state index in [-0.39, 0.29) is 0 Å². The van der Waals surface area contributed by atoms with Crippen LogP contribution in [0.3, 0.4) is 0 Å². The molecule has 0 fully saturated rings. The van der Waals surface area contributed by atoms with Crippen molar-refractivity contribution in [2.75, 3.05) is 0 Å². The highest BCUT2D eigenvalue weighted by molar-refractivity contribution is 5.15. The number of aromatic nitrogens is 2. The number of hydrogen-bond donors (Lipinski definition) is 0. The summed E-state index contributed by atoms with van der Waals surface area (Å²) in [6.07, 6.45) is 3.62. The molecule has 0 aliphatic rings. The lowest BCUT2D eigenvalue weighted by Gasteiger charge is -1.92. The second-order valence-electron chi connectivity index (χ2n) is 3.81. The zero-order chi connectivity index (χ0) is 12.0. The van der Waals surface area contributed by atoms with E-state index in [9.17, 15) is 0 Å². The standard InChI is InChI=1S/2C7H9N/c2*1-6-4-3-5-8-7(6)2/h2*3-5H,1-2H3. The van der Waals surface area contributed by atoms with Crippen molar-refractivity contribution in [1.82, 2.24) is 9.97 Å². The largest absolute Gasteiger partial charge is 0.261 e. The van der Waals surface area contributed by atoms with E-state index in [0.717, 1.165) is 11.4 Å². The van der Waals surface area contributed by atoms with Gasteiger partial charge in [0.25, 0.3) is 0 Å². The van der Waals surface area contributed by atoms with E-state index in [2.05, 4.69) is 35.9 Å². The zero-order valence-electron chi connectivity index (χ0n) is 10.4. The van der Waals surface area contributed by atoms with Crippen LogP contribution in [-0.2, 0) is 0 Å². The monoisotopic (exact) mass is 214 g/mol. The fourth-order valence-electron chi connectivity index (χ4n) is 1.13. The minimum Gasteiger partial charge on any atom is -0.261 e. The van der Waals surface area contributed by atoms with Crippen LogP contribution in [0.4, 0.5) is 0 Å². The lowest BCUT2D eigenvalue weighted by atomic mass is 10.2. The molecule has 84 valence electrons. The van der Waals surface area contributed by atoms with Gasteiger partial charge in [-0.2, -0.15) is 0 Å². The average Bonchev–Trinajstić information content (AvgIpc) is 2.28. The predicted molar refractivity (Wildman–Crippen MR) is 67.4 cm³/mol. The molecule has 2 heteroatoms. The highest BCUT2D eigenvalue weighted by Gasteiger charge is 1.86. The lowest BCUT2D eigenvalue weighted by Crippen LogP contribution is -1.81. The van der Waals surface area contributed by atoms with Gasteiger partial charge in [0.1, 0.15) is 0 Å². The van der Waals surface area contributed by atoms with Crippen molar-refractivity contribution in [2.24, 2.45) is 0 Å². The molecular weight excluding hydrogens is 196 g/mol. The zero-order valence-corrected chi connectivity index (χ0v) is 10.4. The van der Waals surface area contributed by atoms with Crippen molar-refractivity contribution in [1.29, 1.82) is 0 Å². The van der Waals surface area contributed by atoms with Gasteiger partial charge < -0.3 is 0 Å². The van der Waals surface area contributed by atoms with E-state index in [1.807, 2.05) is 38.4 Å². The van der Waals surface area contributed by atoms with Gasteiger partial charge in [-0.25, -0.2) is 0 Å². The first-order chi connectivity index (χ1) is 7.61. The Labute approximate surface area is 97.4 Å². The number of pyridine rings is 2. The molecular formula is C14H18N2. The van der Waals surface area contributed by atoms with Gasteiger partial charge >= 0.3 is 0 Å². The molecule has 2 aromatic heterocycles. The molecule has 0 aromatic carbocycles. The summed E-state index contributed by atoms with van der Waals surface area (Å²) >= 11 is 0. The molecule has 0 aliphatic heterocycles. The molecule has 16 heavy (non-hydrogen) atoms. The van der Waals surface area contributed by atoms with E-state index >= 15 is 0 Å². The van der Waals surface area contributed by atoms with E-state index in [4.69, 9.17) is 0 Å². The molecule has 0 aliphatic carbocycles. The molecule has 0 amide bonds. The summed E-state index contributed by atoms with van der Waals surface area (Å²) < 4.78 is 0. The molecule has 0 saturated heterocycles. The highest BCUT2D eigenvalue weighted by Crippen LogP contribution is 1.99. The maximum atomic E-state index is 4.08. The van der Waals surface area contributed by atoms with Crippen molar-refractivity contribution in [2.45, 2.75) is 27.7 Å².